The van der Waals surface area contributed by atoms with Crippen molar-refractivity contribution in [3.8, 4) is 5.75 Å². The second-order valence-electron chi connectivity index (χ2n) is 4.37. The Balaban J connectivity index is 1.91. The summed E-state index contributed by atoms with van der Waals surface area (Å²) in [5.41, 5.74) is 2.47. The number of nitrogens with one attached hydrogen (secondary N) is 1. The maximum atomic E-state index is 11.8. The summed E-state index contributed by atoms with van der Waals surface area (Å²) < 4.78 is 0. The minimum atomic E-state index is -0.0561. The number of carbonyl (C=O) groups is 1. The van der Waals surface area contributed by atoms with Crippen molar-refractivity contribution in [2.75, 3.05) is 5.32 Å². The third kappa shape index (κ3) is 3.81. The molecular formula is C15H16N2O2. The van der Waals surface area contributed by atoms with E-state index in [2.05, 4.69) is 10.3 Å². The second kappa shape index (κ2) is 6.00. The van der Waals surface area contributed by atoms with E-state index in [0.29, 0.717) is 12.8 Å². The summed E-state index contributed by atoms with van der Waals surface area (Å²) in [5.74, 6) is 0.142. The third-order valence-electron chi connectivity index (χ3n) is 2.82. The van der Waals surface area contributed by atoms with Crippen molar-refractivity contribution in [1.29, 1.82) is 0 Å². The van der Waals surface area contributed by atoms with Crippen LogP contribution in [0.2, 0.25) is 0 Å². The van der Waals surface area contributed by atoms with Crippen LogP contribution in [-0.2, 0) is 11.2 Å². The van der Waals surface area contributed by atoms with Crippen LogP contribution in [0.3, 0.4) is 0 Å². The molecule has 0 aliphatic rings. The standard InChI is InChI=1S/C15H16N2O2/c1-11-10-13(18)6-7-14(11)17-15(19)8-5-12-4-2-3-9-16-12/h2-4,6-7,9-10,18H,5,8H2,1H3,(H,17,19). The predicted molar refractivity (Wildman–Crippen MR) is 74.0 cm³/mol. The molecule has 19 heavy (non-hydrogen) atoms. The Morgan fingerprint density at radius 2 is 2.16 bits per heavy atom. The first-order chi connectivity index (χ1) is 9.15. The first kappa shape index (κ1) is 13.1. The van der Waals surface area contributed by atoms with Gasteiger partial charge >= 0.3 is 0 Å². The molecule has 0 fully saturated rings. The molecule has 2 aromatic rings. The quantitative estimate of drug-likeness (QED) is 0.827. The van der Waals surface area contributed by atoms with Gasteiger partial charge in [-0.1, -0.05) is 6.07 Å². The Morgan fingerprint density at radius 3 is 2.84 bits per heavy atom. The zero-order chi connectivity index (χ0) is 13.7. The molecule has 1 aromatic carbocycles. The number of benzene rings is 1. The van der Waals surface area contributed by atoms with Gasteiger partial charge in [-0.3, -0.25) is 9.78 Å². The van der Waals surface area contributed by atoms with Gasteiger partial charge in [0.2, 0.25) is 5.91 Å². The topological polar surface area (TPSA) is 62.2 Å². The van der Waals surface area contributed by atoms with E-state index in [1.54, 1.807) is 24.4 Å². The van der Waals surface area contributed by atoms with Crippen LogP contribution in [0.5, 0.6) is 5.75 Å². The Morgan fingerprint density at radius 1 is 1.32 bits per heavy atom. The molecule has 4 nitrogen and oxygen atoms in total. The number of aryl methyl sites for hydroxylation is 2. The van der Waals surface area contributed by atoms with Crippen LogP contribution in [0, 0.1) is 6.92 Å². The number of nitrogens with zero attached hydrogens (tertiary/aromatic N) is 1. The Bertz CT molecular complexity index is 568. The molecule has 0 spiro atoms. The molecule has 2 N–H and O–H groups in total. The first-order valence-corrected chi connectivity index (χ1v) is 6.14. The molecule has 0 bridgehead atoms. The van der Waals surface area contributed by atoms with Crippen molar-refractivity contribution in [1.82, 2.24) is 4.98 Å². The van der Waals surface area contributed by atoms with Crippen LogP contribution in [0.4, 0.5) is 5.69 Å². The lowest BCUT2D eigenvalue weighted by Crippen LogP contribution is -2.13. The number of aromatic hydroxyl groups is 1. The normalized spacial score (nSPS) is 10.2. The van der Waals surface area contributed by atoms with Crippen molar-refractivity contribution in [3.05, 3.63) is 53.9 Å². The maximum Gasteiger partial charge on any atom is 0.224 e. The van der Waals surface area contributed by atoms with Crippen LogP contribution in [0.15, 0.2) is 42.6 Å². The molecule has 0 aliphatic carbocycles. The lowest BCUT2D eigenvalue weighted by atomic mass is 10.1. The minimum absolute atomic E-state index is 0.0561. The highest BCUT2D eigenvalue weighted by atomic mass is 16.3. The van der Waals surface area contributed by atoms with Gasteiger partial charge in [0.05, 0.1) is 0 Å². The van der Waals surface area contributed by atoms with Gasteiger partial charge in [0.15, 0.2) is 0 Å². The van der Waals surface area contributed by atoms with E-state index in [9.17, 15) is 9.90 Å². The summed E-state index contributed by atoms with van der Waals surface area (Å²) in [7, 11) is 0. The maximum absolute atomic E-state index is 11.8. The number of carbonyl (C=O) groups excluding carboxylic acids is 1. The summed E-state index contributed by atoms with van der Waals surface area (Å²) in [5, 5.41) is 12.1. The van der Waals surface area contributed by atoms with E-state index in [1.807, 2.05) is 25.1 Å². The third-order valence-corrected chi connectivity index (χ3v) is 2.82. The monoisotopic (exact) mass is 256 g/mol. The Hall–Kier alpha value is -2.36. The predicted octanol–water partition coefficient (Wildman–Crippen LogP) is 2.67. The van der Waals surface area contributed by atoms with E-state index in [4.69, 9.17) is 0 Å². The molecule has 0 atom stereocenters. The van der Waals surface area contributed by atoms with Gasteiger partial charge in [-0.2, -0.15) is 0 Å². The van der Waals surface area contributed by atoms with E-state index >= 15 is 0 Å². The first-order valence-electron chi connectivity index (χ1n) is 6.14. The number of hydrogen-bond donors (Lipinski definition) is 2. The van der Waals surface area contributed by atoms with Crippen LogP contribution >= 0.6 is 0 Å². The van der Waals surface area contributed by atoms with Crippen molar-refractivity contribution in [3.63, 3.8) is 0 Å². The molecule has 0 saturated carbocycles. The van der Waals surface area contributed by atoms with Crippen LogP contribution in [0.25, 0.3) is 0 Å². The summed E-state index contributed by atoms with van der Waals surface area (Å²) >= 11 is 0. The number of phenolic OH excluding ortho intramolecular Hbond substituents is 1. The highest BCUT2D eigenvalue weighted by Gasteiger charge is 2.06. The zero-order valence-corrected chi connectivity index (χ0v) is 10.8. The summed E-state index contributed by atoms with van der Waals surface area (Å²) in [6, 6.07) is 10.5. The molecule has 2 rings (SSSR count). The molecule has 0 radical (unpaired) electrons. The fourth-order valence-corrected chi connectivity index (χ4v) is 1.79. The van der Waals surface area contributed by atoms with Crippen molar-refractivity contribution >= 4 is 11.6 Å². The molecule has 1 aromatic heterocycles. The largest absolute Gasteiger partial charge is 0.508 e. The summed E-state index contributed by atoms with van der Waals surface area (Å²) in [6.07, 6.45) is 2.72. The average Bonchev–Trinajstić information content (AvgIpc) is 2.41. The van der Waals surface area contributed by atoms with Crippen LogP contribution in [0.1, 0.15) is 17.7 Å². The highest BCUT2D eigenvalue weighted by molar-refractivity contribution is 5.91. The molecule has 98 valence electrons. The Labute approximate surface area is 112 Å². The van der Waals surface area contributed by atoms with Gasteiger partial charge in [-0.15, -0.1) is 0 Å². The number of pyridine rings is 1. The van der Waals surface area contributed by atoms with Gasteiger partial charge in [-0.25, -0.2) is 0 Å². The van der Waals surface area contributed by atoms with E-state index in [-0.39, 0.29) is 11.7 Å². The zero-order valence-electron chi connectivity index (χ0n) is 10.8. The van der Waals surface area contributed by atoms with Crippen LogP contribution < -0.4 is 5.32 Å². The van der Waals surface area contributed by atoms with Gasteiger partial charge in [0.1, 0.15) is 5.75 Å². The van der Waals surface area contributed by atoms with Gasteiger partial charge in [-0.05, 0) is 49.2 Å². The smallest absolute Gasteiger partial charge is 0.224 e. The van der Waals surface area contributed by atoms with Gasteiger partial charge < -0.3 is 10.4 Å². The number of anilines is 1. The minimum Gasteiger partial charge on any atom is -0.508 e. The second-order valence-corrected chi connectivity index (χ2v) is 4.37. The van der Waals surface area contributed by atoms with E-state index in [0.717, 1.165) is 16.9 Å². The van der Waals surface area contributed by atoms with Crippen molar-refractivity contribution < 1.29 is 9.90 Å². The van der Waals surface area contributed by atoms with Crippen molar-refractivity contribution in [2.45, 2.75) is 19.8 Å². The molecular weight excluding hydrogens is 240 g/mol. The summed E-state index contributed by atoms with van der Waals surface area (Å²) in [6.45, 7) is 1.84. The summed E-state index contributed by atoms with van der Waals surface area (Å²) in [4.78, 5) is 16.0. The number of rotatable bonds is 4. The van der Waals surface area contributed by atoms with Crippen molar-refractivity contribution in [2.24, 2.45) is 0 Å². The highest BCUT2D eigenvalue weighted by Crippen LogP contribution is 2.20. The SMILES string of the molecule is Cc1cc(O)ccc1NC(=O)CCc1ccccn1. The molecule has 1 heterocycles. The molecule has 0 unspecified atom stereocenters. The number of amides is 1. The van der Waals surface area contributed by atoms with Gasteiger partial charge in [0, 0.05) is 24.0 Å². The average molecular weight is 256 g/mol. The van der Waals surface area contributed by atoms with Gasteiger partial charge in [0.25, 0.3) is 0 Å². The number of hydrogen-bond acceptors (Lipinski definition) is 3. The van der Waals surface area contributed by atoms with E-state index in [1.165, 1.54) is 0 Å². The fraction of sp³-hybridized carbons (Fsp3) is 0.200. The van der Waals surface area contributed by atoms with E-state index < -0.39 is 0 Å². The molecule has 1 amide bonds. The lowest BCUT2D eigenvalue weighted by Gasteiger charge is -2.08. The number of aromatic nitrogens is 1. The molecule has 0 aliphatic heterocycles. The fourth-order valence-electron chi connectivity index (χ4n) is 1.79. The molecule has 0 saturated heterocycles. The Kier molecular flexibility index (Phi) is 4.13. The van der Waals surface area contributed by atoms with Crippen LogP contribution in [-0.4, -0.2) is 16.0 Å². The number of phenols is 1. The lowest BCUT2D eigenvalue weighted by molar-refractivity contribution is -0.116. The molecule has 4 heteroatoms.